The molecule has 1 saturated heterocycles. The normalized spacial score (nSPS) is 18.8. The van der Waals surface area contributed by atoms with Gasteiger partial charge in [-0.25, -0.2) is 0 Å². The third kappa shape index (κ3) is 9.28. The molecule has 1 aliphatic heterocycles. The minimum atomic E-state index is -1.53. The van der Waals surface area contributed by atoms with Crippen LogP contribution in [-0.4, -0.2) is 89.3 Å². The quantitative estimate of drug-likeness (QED) is 0.303. The maximum atomic E-state index is 12.1. The summed E-state index contributed by atoms with van der Waals surface area (Å²) in [5, 5.41) is -0.791. The summed E-state index contributed by atoms with van der Waals surface area (Å²) in [6.07, 6.45) is -5.75. The summed E-state index contributed by atoms with van der Waals surface area (Å²) in [5.74, 6) is -3.71. The molecule has 1 heterocycles. The summed E-state index contributed by atoms with van der Waals surface area (Å²) in [6.45, 7) is 6.62. The van der Waals surface area contributed by atoms with Crippen LogP contribution in [0.3, 0.4) is 0 Å². The fourth-order valence-corrected chi connectivity index (χ4v) is 4.62. The molecule has 0 aliphatic carbocycles. The smallest absolute Gasteiger partial charge is 0.303 e. The predicted octanol–water partition coefficient (Wildman–Crippen LogP) is 0.198. The van der Waals surface area contributed by atoms with Crippen molar-refractivity contribution in [3.63, 3.8) is 0 Å². The van der Waals surface area contributed by atoms with Gasteiger partial charge in [-0.2, -0.15) is 0 Å². The van der Waals surface area contributed by atoms with Crippen molar-refractivity contribution in [3.8, 4) is 0 Å². The predicted molar refractivity (Wildman–Crippen MR) is 112 cm³/mol. The Hall–Kier alpha value is -2.83. The molecule has 1 amide bonds. The van der Waals surface area contributed by atoms with Gasteiger partial charge < -0.3 is 28.6 Å². The number of nitrogens with zero attached hydrogens (tertiary/aromatic N) is 1. The van der Waals surface area contributed by atoms with Gasteiger partial charge in [-0.3, -0.25) is 28.8 Å². The molecular weight excluding hydrogens is 462 g/mol. The zero-order chi connectivity index (χ0) is 25.3. The third-order valence-corrected chi connectivity index (χ3v) is 5.58. The van der Waals surface area contributed by atoms with Gasteiger partial charge in [0.05, 0.1) is 0 Å². The fourth-order valence-electron chi connectivity index (χ4n) is 3.24. The van der Waals surface area contributed by atoms with Gasteiger partial charge in [0, 0.05) is 53.8 Å². The molecule has 186 valence electrons. The van der Waals surface area contributed by atoms with E-state index in [9.17, 15) is 28.8 Å². The van der Waals surface area contributed by atoms with Crippen LogP contribution in [0.5, 0.6) is 0 Å². The van der Waals surface area contributed by atoms with Crippen LogP contribution in [0.1, 0.15) is 41.5 Å². The maximum Gasteiger partial charge on any atom is 0.303 e. The number of carbonyl (C=O) groups is 6. The van der Waals surface area contributed by atoms with Crippen LogP contribution in [-0.2, 0) is 52.5 Å². The molecule has 33 heavy (non-hydrogen) atoms. The molecule has 0 bridgehead atoms. The Kier molecular flexibility index (Phi) is 11.1. The second-order valence-electron chi connectivity index (χ2n) is 7.15. The first-order valence-corrected chi connectivity index (χ1v) is 11.1. The number of rotatable bonds is 10. The van der Waals surface area contributed by atoms with Crippen LogP contribution >= 0.6 is 11.8 Å². The molecule has 1 aliphatic rings. The molecule has 0 saturated carbocycles. The number of esters is 5. The van der Waals surface area contributed by atoms with E-state index < -0.39 is 66.2 Å². The molecule has 0 spiro atoms. The Labute approximate surface area is 195 Å². The number of hydrogen-bond donors (Lipinski definition) is 0. The summed E-state index contributed by atoms with van der Waals surface area (Å²) < 4.78 is 26.3. The molecule has 5 atom stereocenters. The highest BCUT2D eigenvalue weighted by molar-refractivity contribution is 8.00. The van der Waals surface area contributed by atoms with E-state index in [1.54, 1.807) is 0 Å². The van der Waals surface area contributed by atoms with Crippen LogP contribution in [0, 0.1) is 0 Å². The Balaban J connectivity index is 3.55. The number of carbonyl (C=O) groups excluding carboxylic acids is 6. The van der Waals surface area contributed by atoms with Gasteiger partial charge in [-0.1, -0.05) is 0 Å². The van der Waals surface area contributed by atoms with Crippen molar-refractivity contribution < 1.29 is 52.5 Å². The largest absolute Gasteiger partial charge is 0.462 e. The van der Waals surface area contributed by atoms with Crippen molar-refractivity contribution >= 4 is 47.5 Å². The van der Waals surface area contributed by atoms with Gasteiger partial charge in [0.1, 0.15) is 12.0 Å². The molecule has 1 fully saturated rings. The lowest BCUT2D eigenvalue weighted by atomic mass is 10.0. The lowest BCUT2D eigenvalue weighted by molar-refractivity contribution is -0.204. The molecule has 0 aromatic rings. The Morgan fingerprint density at radius 1 is 0.758 bits per heavy atom. The van der Waals surface area contributed by atoms with Crippen LogP contribution in [0.15, 0.2) is 0 Å². The van der Waals surface area contributed by atoms with E-state index in [1.165, 1.54) is 23.6 Å². The standard InChI is InChI=1S/C20H29NO11S/c1-10(22)21-7-8-33-20(21)19(32-15(6)27)18(31-14(5)26)17(30-13(4)25)16(29-12(3)24)9-28-11(2)23/h16-20H,7-9H2,1-6H3/t16-,17-,18-,19-,20+/m0/s1. The SMILES string of the molecule is CC(=O)OC[C@H](OC(C)=O)[C@H](OC(C)=O)[C@H](OC(C)=O)[C@H](OC(C)=O)[C@H]1SCCN1C(C)=O. The zero-order valence-electron chi connectivity index (χ0n) is 19.4. The lowest BCUT2D eigenvalue weighted by Crippen LogP contribution is -2.58. The Bertz CT molecular complexity index is 771. The minimum absolute atomic E-state index is 0.316. The van der Waals surface area contributed by atoms with Crippen molar-refractivity contribution in [2.45, 2.75) is 71.3 Å². The number of amides is 1. The average molecular weight is 492 g/mol. The summed E-state index contributed by atoms with van der Waals surface area (Å²) in [6, 6.07) is 0. The van der Waals surface area contributed by atoms with Crippen molar-refractivity contribution in [1.29, 1.82) is 0 Å². The number of hydrogen-bond acceptors (Lipinski definition) is 12. The van der Waals surface area contributed by atoms with Gasteiger partial charge >= 0.3 is 29.8 Å². The van der Waals surface area contributed by atoms with E-state index in [-0.39, 0.29) is 5.91 Å². The van der Waals surface area contributed by atoms with Crippen molar-refractivity contribution in [1.82, 2.24) is 4.90 Å². The first kappa shape index (κ1) is 28.2. The second-order valence-corrected chi connectivity index (χ2v) is 8.37. The van der Waals surface area contributed by atoms with E-state index in [2.05, 4.69) is 0 Å². The second kappa shape index (κ2) is 13.0. The highest BCUT2D eigenvalue weighted by Crippen LogP contribution is 2.33. The number of ether oxygens (including phenoxy) is 5. The van der Waals surface area contributed by atoms with Crippen LogP contribution in [0.2, 0.25) is 0 Å². The van der Waals surface area contributed by atoms with E-state index in [1.807, 2.05) is 0 Å². The summed E-state index contributed by atoms with van der Waals surface area (Å²) in [5.41, 5.74) is 0. The zero-order valence-corrected chi connectivity index (χ0v) is 20.2. The van der Waals surface area contributed by atoms with Crippen LogP contribution < -0.4 is 0 Å². The maximum absolute atomic E-state index is 12.1. The first-order chi connectivity index (χ1) is 15.3. The van der Waals surface area contributed by atoms with Crippen molar-refractivity contribution in [3.05, 3.63) is 0 Å². The van der Waals surface area contributed by atoms with Gasteiger partial charge in [0.25, 0.3) is 0 Å². The van der Waals surface area contributed by atoms with Gasteiger partial charge in [0.2, 0.25) is 5.91 Å². The highest BCUT2D eigenvalue weighted by atomic mass is 32.2. The van der Waals surface area contributed by atoms with E-state index >= 15 is 0 Å². The molecule has 13 heteroatoms. The molecule has 1 rings (SSSR count). The van der Waals surface area contributed by atoms with E-state index in [0.717, 1.165) is 34.6 Å². The molecule has 0 unspecified atom stereocenters. The Morgan fingerprint density at radius 3 is 1.73 bits per heavy atom. The molecular formula is C20H29NO11S. The third-order valence-electron chi connectivity index (χ3n) is 4.30. The summed E-state index contributed by atoms with van der Waals surface area (Å²) >= 11 is 1.27. The van der Waals surface area contributed by atoms with Gasteiger partial charge in [-0.15, -0.1) is 11.8 Å². The summed E-state index contributed by atoms with van der Waals surface area (Å²) in [7, 11) is 0. The molecule has 0 N–H and O–H groups in total. The topological polar surface area (TPSA) is 152 Å². The lowest BCUT2D eigenvalue weighted by Gasteiger charge is -2.39. The van der Waals surface area contributed by atoms with Crippen molar-refractivity contribution in [2.24, 2.45) is 0 Å². The van der Waals surface area contributed by atoms with Crippen LogP contribution in [0.25, 0.3) is 0 Å². The summed E-state index contributed by atoms with van der Waals surface area (Å²) in [4.78, 5) is 72.5. The van der Waals surface area contributed by atoms with E-state index in [0.29, 0.717) is 12.3 Å². The highest BCUT2D eigenvalue weighted by Gasteiger charge is 2.49. The first-order valence-electron chi connectivity index (χ1n) is 10.0. The van der Waals surface area contributed by atoms with Crippen molar-refractivity contribution in [2.75, 3.05) is 18.9 Å². The molecule has 0 aromatic heterocycles. The molecule has 0 aromatic carbocycles. The van der Waals surface area contributed by atoms with E-state index in [4.69, 9.17) is 23.7 Å². The minimum Gasteiger partial charge on any atom is -0.462 e. The van der Waals surface area contributed by atoms with Gasteiger partial charge in [-0.05, 0) is 0 Å². The number of thioether (sulfide) groups is 1. The molecule has 12 nitrogen and oxygen atoms in total. The fraction of sp³-hybridized carbons (Fsp3) is 0.700. The molecule has 0 radical (unpaired) electrons. The monoisotopic (exact) mass is 491 g/mol. The van der Waals surface area contributed by atoms with Crippen LogP contribution in [0.4, 0.5) is 0 Å². The van der Waals surface area contributed by atoms with Gasteiger partial charge in [0.15, 0.2) is 24.4 Å². The average Bonchev–Trinajstić information content (AvgIpc) is 3.15. The Morgan fingerprint density at radius 2 is 1.27 bits per heavy atom.